The van der Waals surface area contributed by atoms with Gasteiger partial charge in [0, 0.05) is 18.3 Å². The van der Waals surface area contributed by atoms with Crippen LogP contribution in [0.4, 0.5) is 4.79 Å². The smallest absolute Gasteiger partial charge is 0.410 e. The molecule has 164 valence electrons. The van der Waals surface area contributed by atoms with Crippen LogP contribution in [0.3, 0.4) is 0 Å². The zero-order valence-corrected chi connectivity index (χ0v) is 18.1. The van der Waals surface area contributed by atoms with E-state index in [0.29, 0.717) is 6.54 Å². The molecule has 5 aromatic rings. The van der Waals surface area contributed by atoms with E-state index in [-0.39, 0.29) is 18.7 Å². The third-order valence-corrected chi connectivity index (χ3v) is 6.39. The molecule has 2 aromatic heterocycles. The van der Waals surface area contributed by atoms with Gasteiger partial charge in [-0.15, -0.1) is 0 Å². The van der Waals surface area contributed by atoms with Gasteiger partial charge in [0.25, 0.3) is 0 Å². The fourth-order valence-corrected chi connectivity index (χ4v) is 4.67. The Kier molecular flexibility index (Phi) is 4.83. The SMILES string of the molecule is O=C(OCc1ccccc1)N1CCCC1c1nc2ccc(-c3ccc4[nH]ccc4c3)cc2[nH]1. The Morgan fingerprint density at radius 2 is 1.85 bits per heavy atom. The summed E-state index contributed by atoms with van der Waals surface area (Å²) >= 11 is 0. The molecule has 3 heterocycles. The first kappa shape index (κ1) is 19.6. The molecule has 0 saturated carbocycles. The molecule has 0 aliphatic carbocycles. The lowest BCUT2D eigenvalue weighted by atomic mass is 10.0. The van der Waals surface area contributed by atoms with E-state index in [0.717, 1.165) is 51.9 Å². The Morgan fingerprint density at radius 3 is 2.76 bits per heavy atom. The number of amides is 1. The summed E-state index contributed by atoms with van der Waals surface area (Å²) in [6.07, 6.45) is 3.47. The summed E-state index contributed by atoms with van der Waals surface area (Å²) in [5.41, 5.74) is 6.28. The van der Waals surface area contributed by atoms with E-state index in [9.17, 15) is 4.79 Å². The maximum Gasteiger partial charge on any atom is 0.410 e. The van der Waals surface area contributed by atoms with Gasteiger partial charge in [-0.25, -0.2) is 9.78 Å². The van der Waals surface area contributed by atoms with E-state index >= 15 is 0 Å². The van der Waals surface area contributed by atoms with Crippen LogP contribution < -0.4 is 0 Å². The molecule has 1 saturated heterocycles. The second kappa shape index (κ2) is 8.13. The number of rotatable bonds is 4. The number of carbonyl (C=O) groups is 1. The predicted octanol–water partition coefficient (Wildman–Crippen LogP) is 6.18. The lowest BCUT2D eigenvalue weighted by Crippen LogP contribution is -2.31. The van der Waals surface area contributed by atoms with Crippen molar-refractivity contribution in [3.8, 4) is 11.1 Å². The molecule has 6 nitrogen and oxygen atoms in total. The predicted molar refractivity (Wildman–Crippen MR) is 129 cm³/mol. The first-order valence-corrected chi connectivity index (χ1v) is 11.3. The van der Waals surface area contributed by atoms with Gasteiger partial charge in [0.1, 0.15) is 12.4 Å². The fourth-order valence-electron chi connectivity index (χ4n) is 4.67. The number of likely N-dealkylation sites (tertiary alicyclic amines) is 1. The summed E-state index contributed by atoms with van der Waals surface area (Å²) in [6, 6.07) is 24.4. The van der Waals surface area contributed by atoms with Gasteiger partial charge in [-0.05, 0) is 65.3 Å². The Bertz CT molecular complexity index is 1440. The Labute approximate surface area is 191 Å². The Morgan fingerprint density at radius 1 is 1.00 bits per heavy atom. The van der Waals surface area contributed by atoms with Crippen molar-refractivity contribution in [1.82, 2.24) is 19.9 Å². The summed E-state index contributed by atoms with van der Waals surface area (Å²) in [7, 11) is 0. The van der Waals surface area contributed by atoms with Gasteiger partial charge in [0.05, 0.1) is 17.1 Å². The lowest BCUT2D eigenvalue weighted by Gasteiger charge is -2.22. The number of fused-ring (bicyclic) bond motifs is 2. The average Bonchev–Trinajstić information content (AvgIpc) is 3.61. The Hall–Kier alpha value is -4.06. The van der Waals surface area contributed by atoms with Gasteiger partial charge in [-0.2, -0.15) is 0 Å². The van der Waals surface area contributed by atoms with Gasteiger partial charge in [0.2, 0.25) is 0 Å². The second-order valence-corrected chi connectivity index (χ2v) is 8.53. The van der Waals surface area contributed by atoms with E-state index in [1.165, 1.54) is 5.39 Å². The maximum absolute atomic E-state index is 12.8. The minimum Gasteiger partial charge on any atom is -0.445 e. The standard InChI is InChI=1S/C27H24N4O2/c32-27(33-17-18-5-2-1-3-6-18)31-14-4-7-25(31)26-29-23-11-9-20(16-24(23)30-26)19-8-10-22-21(15-19)12-13-28-22/h1-3,5-6,8-13,15-16,25,28H,4,7,14,17H2,(H,29,30). The monoisotopic (exact) mass is 436 g/mol. The van der Waals surface area contributed by atoms with Crippen LogP contribution >= 0.6 is 0 Å². The highest BCUT2D eigenvalue weighted by Crippen LogP contribution is 2.33. The summed E-state index contributed by atoms with van der Waals surface area (Å²) in [6.45, 7) is 0.954. The first-order chi connectivity index (χ1) is 16.2. The van der Waals surface area contributed by atoms with Gasteiger partial charge < -0.3 is 14.7 Å². The van der Waals surface area contributed by atoms with Crippen LogP contribution in [0, 0.1) is 0 Å². The van der Waals surface area contributed by atoms with Crippen LogP contribution in [0.2, 0.25) is 0 Å². The third-order valence-electron chi connectivity index (χ3n) is 6.39. The molecule has 1 aliphatic rings. The zero-order chi connectivity index (χ0) is 22.2. The minimum atomic E-state index is -0.290. The zero-order valence-electron chi connectivity index (χ0n) is 18.1. The van der Waals surface area contributed by atoms with Crippen LogP contribution in [0.15, 0.2) is 79.0 Å². The van der Waals surface area contributed by atoms with Crippen molar-refractivity contribution in [1.29, 1.82) is 0 Å². The molecular weight excluding hydrogens is 412 g/mol. The number of benzene rings is 3. The largest absolute Gasteiger partial charge is 0.445 e. The van der Waals surface area contributed by atoms with Crippen LogP contribution in [-0.4, -0.2) is 32.5 Å². The molecule has 6 heteroatoms. The van der Waals surface area contributed by atoms with Gasteiger partial charge in [0.15, 0.2) is 0 Å². The topological polar surface area (TPSA) is 74.0 Å². The number of carbonyl (C=O) groups excluding carboxylic acids is 1. The van der Waals surface area contributed by atoms with Crippen LogP contribution in [0.5, 0.6) is 0 Å². The number of aromatic amines is 2. The number of H-pyrrole nitrogens is 2. The van der Waals surface area contributed by atoms with Crippen molar-refractivity contribution in [3.05, 3.63) is 90.4 Å². The van der Waals surface area contributed by atoms with Crippen LogP contribution in [0.1, 0.15) is 30.3 Å². The molecule has 1 fully saturated rings. The van der Waals surface area contributed by atoms with Gasteiger partial charge >= 0.3 is 6.09 Å². The Balaban J connectivity index is 1.23. The molecule has 2 N–H and O–H groups in total. The molecule has 3 aromatic carbocycles. The van der Waals surface area contributed by atoms with E-state index in [2.05, 4.69) is 46.4 Å². The van der Waals surface area contributed by atoms with Crippen molar-refractivity contribution in [2.75, 3.05) is 6.54 Å². The number of ether oxygens (including phenoxy) is 1. The number of imidazole rings is 1. The highest BCUT2D eigenvalue weighted by atomic mass is 16.6. The molecule has 1 atom stereocenters. The number of nitrogens with one attached hydrogen (secondary N) is 2. The summed E-state index contributed by atoms with van der Waals surface area (Å²) in [5, 5.41) is 1.19. The van der Waals surface area contributed by atoms with Crippen LogP contribution in [0.25, 0.3) is 33.1 Å². The normalized spacial score (nSPS) is 16.0. The van der Waals surface area contributed by atoms with Crippen molar-refractivity contribution in [2.24, 2.45) is 0 Å². The van der Waals surface area contributed by atoms with Crippen LogP contribution in [-0.2, 0) is 11.3 Å². The number of aromatic nitrogens is 3. The van der Waals surface area contributed by atoms with Crippen molar-refractivity contribution < 1.29 is 9.53 Å². The van der Waals surface area contributed by atoms with E-state index < -0.39 is 0 Å². The number of hydrogen-bond acceptors (Lipinski definition) is 3. The van der Waals surface area contributed by atoms with E-state index in [1.807, 2.05) is 42.6 Å². The maximum atomic E-state index is 12.8. The van der Waals surface area contributed by atoms with E-state index in [1.54, 1.807) is 4.90 Å². The first-order valence-electron chi connectivity index (χ1n) is 11.3. The number of hydrogen-bond donors (Lipinski definition) is 2. The number of nitrogens with zero attached hydrogens (tertiary/aromatic N) is 2. The second-order valence-electron chi connectivity index (χ2n) is 8.53. The van der Waals surface area contributed by atoms with Gasteiger partial charge in [-0.3, -0.25) is 4.90 Å². The molecule has 1 aliphatic heterocycles. The highest BCUT2D eigenvalue weighted by Gasteiger charge is 2.33. The molecular formula is C27H24N4O2. The van der Waals surface area contributed by atoms with Crippen molar-refractivity contribution in [3.63, 3.8) is 0 Å². The molecule has 0 spiro atoms. The summed E-state index contributed by atoms with van der Waals surface area (Å²) < 4.78 is 5.59. The minimum absolute atomic E-state index is 0.0969. The molecule has 1 unspecified atom stereocenters. The summed E-state index contributed by atoms with van der Waals surface area (Å²) in [5.74, 6) is 0.817. The lowest BCUT2D eigenvalue weighted by molar-refractivity contribution is 0.0910. The van der Waals surface area contributed by atoms with Crippen molar-refractivity contribution >= 4 is 28.0 Å². The molecule has 1 amide bonds. The molecule has 6 rings (SSSR count). The fraction of sp³-hybridized carbons (Fsp3) is 0.185. The summed E-state index contributed by atoms with van der Waals surface area (Å²) in [4.78, 5) is 26.1. The van der Waals surface area contributed by atoms with Crippen molar-refractivity contribution in [2.45, 2.75) is 25.5 Å². The quantitative estimate of drug-likeness (QED) is 0.353. The van der Waals surface area contributed by atoms with Gasteiger partial charge in [-0.1, -0.05) is 42.5 Å². The van der Waals surface area contributed by atoms with E-state index in [4.69, 9.17) is 9.72 Å². The molecule has 0 bridgehead atoms. The third kappa shape index (κ3) is 3.74. The highest BCUT2D eigenvalue weighted by molar-refractivity contribution is 5.88. The average molecular weight is 437 g/mol. The molecule has 0 radical (unpaired) electrons. The molecule has 33 heavy (non-hydrogen) atoms.